The van der Waals surface area contributed by atoms with E-state index in [0.29, 0.717) is 12.3 Å². The molecule has 0 aliphatic carbocycles. The van der Waals surface area contributed by atoms with Crippen molar-refractivity contribution >= 4 is 5.91 Å². The van der Waals surface area contributed by atoms with Crippen LogP contribution in [0.25, 0.3) is 0 Å². The average molecular weight is 252 g/mol. The number of aromatic nitrogens is 2. The highest BCUT2D eigenvalue weighted by atomic mass is 16.1. The van der Waals surface area contributed by atoms with Crippen molar-refractivity contribution in [2.75, 3.05) is 19.6 Å². The number of hydrogen-bond acceptors (Lipinski definition) is 3. The first-order valence-electron chi connectivity index (χ1n) is 6.54. The standard InChI is InChI=1S/C13H24N4O/c1-11(2)10-16-13(18)4-5-14-6-8-17-9-7-15-12(17)3/h7,9,11,14H,4-6,8,10H2,1-3H3,(H,16,18). The zero-order valence-corrected chi connectivity index (χ0v) is 11.6. The number of imidazole rings is 1. The van der Waals surface area contributed by atoms with E-state index in [1.165, 1.54) is 0 Å². The predicted molar refractivity (Wildman–Crippen MR) is 72.3 cm³/mol. The minimum atomic E-state index is 0.120. The zero-order valence-electron chi connectivity index (χ0n) is 11.6. The molecule has 0 spiro atoms. The summed E-state index contributed by atoms with van der Waals surface area (Å²) in [4.78, 5) is 15.6. The Labute approximate surface area is 109 Å². The molecule has 102 valence electrons. The van der Waals surface area contributed by atoms with Gasteiger partial charge >= 0.3 is 0 Å². The van der Waals surface area contributed by atoms with Gasteiger partial charge < -0.3 is 15.2 Å². The van der Waals surface area contributed by atoms with Crippen LogP contribution in [0.3, 0.4) is 0 Å². The minimum absolute atomic E-state index is 0.120. The SMILES string of the molecule is Cc1nccn1CCNCCC(=O)NCC(C)C. The fraction of sp³-hybridized carbons (Fsp3) is 0.692. The van der Waals surface area contributed by atoms with Crippen molar-refractivity contribution in [3.05, 3.63) is 18.2 Å². The number of hydrogen-bond donors (Lipinski definition) is 2. The molecular formula is C13H24N4O. The summed E-state index contributed by atoms with van der Waals surface area (Å²) in [5.41, 5.74) is 0. The van der Waals surface area contributed by atoms with Crippen molar-refractivity contribution in [3.63, 3.8) is 0 Å². The van der Waals surface area contributed by atoms with Crippen molar-refractivity contribution in [3.8, 4) is 0 Å². The molecule has 18 heavy (non-hydrogen) atoms. The molecule has 1 heterocycles. The Balaban J connectivity index is 2.02. The van der Waals surface area contributed by atoms with E-state index in [1.54, 1.807) is 6.20 Å². The van der Waals surface area contributed by atoms with Gasteiger partial charge in [0.05, 0.1) is 0 Å². The molecule has 0 fully saturated rings. The van der Waals surface area contributed by atoms with E-state index in [0.717, 1.165) is 32.0 Å². The average Bonchev–Trinajstić information content (AvgIpc) is 2.72. The van der Waals surface area contributed by atoms with Gasteiger partial charge in [0.25, 0.3) is 0 Å². The van der Waals surface area contributed by atoms with E-state index >= 15 is 0 Å². The molecule has 0 unspecified atom stereocenters. The summed E-state index contributed by atoms with van der Waals surface area (Å²) in [6.45, 7) is 9.39. The van der Waals surface area contributed by atoms with Gasteiger partial charge in [0.15, 0.2) is 0 Å². The molecule has 5 nitrogen and oxygen atoms in total. The fourth-order valence-electron chi connectivity index (χ4n) is 1.57. The number of rotatable bonds is 8. The van der Waals surface area contributed by atoms with Gasteiger partial charge in [0.2, 0.25) is 5.91 Å². The molecule has 0 saturated carbocycles. The van der Waals surface area contributed by atoms with E-state index in [4.69, 9.17) is 0 Å². The lowest BCUT2D eigenvalue weighted by Gasteiger charge is -2.09. The summed E-state index contributed by atoms with van der Waals surface area (Å²) in [5, 5.41) is 6.16. The molecule has 0 bridgehead atoms. The highest BCUT2D eigenvalue weighted by Gasteiger charge is 2.01. The number of nitrogens with one attached hydrogen (secondary N) is 2. The van der Waals surface area contributed by atoms with Crippen LogP contribution in [0.1, 0.15) is 26.1 Å². The maximum Gasteiger partial charge on any atom is 0.221 e. The summed E-state index contributed by atoms with van der Waals surface area (Å²) in [6.07, 6.45) is 4.30. The van der Waals surface area contributed by atoms with E-state index in [2.05, 4.69) is 34.0 Å². The lowest BCUT2D eigenvalue weighted by molar-refractivity contribution is -0.121. The number of nitrogens with zero attached hydrogens (tertiary/aromatic N) is 2. The summed E-state index contributed by atoms with van der Waals surface area (Å²) in [6, 6.07) is 0. The van der Waals surface area contributed by atoms with Crippen LogP contribution in [0.2, 0.25) is 0 Å². The molecule has 0 aromatic carbocycles. The normalized spacial score (nSPS) is 10.9. The largest absolute Gasteiger partial charge is 0.356 e. The fourth-order valence-corrected chi connectivity index (χ4v) is 1.57. The third kappa shape index (κ3) is 5.82. The second-order valence-electron chi connectivity index (χ2n) is 4.87. The third-order valence-electron chi connectivity index (χ3n) is 2.69. The second-order valence-corrected chi connectivity index (χ2v) is 4.87. The van der Waals surface area contributed by atoms with Crippen LogP contribution in [-0.2, 0) is 11.3 Å². The molecule has 1 aromatic heterocycles. The maximum absolute atomic E-state index is 11.4. The van der Waals surface area contributed by atoms with Gasteiger partial charge in [-0.2, -0.15) is 0 Å². The van der Waals surface area contributed by atoms with Crippen LogP contribution < -0.4 is 10.6 Å². The highest BCUT2D eigenvalue weighted by Crippen LogP contribution is 1.93. The van der Waals surface area contributed by atoms with Gasteiger partial charge in [-0.1, -0.05) is 13.8 Å². The Bertz CT molecular complexity index is 360. The Morgan fingerprint density at radius 2 is 2.22 bits per heavy atom. The van der Waals surface area contributed by atoms with Gasteiger partial charge in [-0.05, 0) is 12.8 Å². The van der Waals surface area contributed by atoms with E-state index in [9.17, 15) is 4.79 Å². The molecule has 2 N–H and O–H groups in total. The molecule has 0 aliphatic heterocycles. The third-order valence-corrected chi connectivity index (χ3v) is 2.69. The minimum Gasteiger partial charge on any atom is -0.356 e. The molecule has 1 amide bonds. The highest BCUT2D eigenvalue weighted by molar-refractivity contribution is 5.76. The quantitative estimate of drug-likeness (QED) is 0.677. The second kappa shape index (κ2) is 7.87. The van der Waals surface area contributed by atoms with E-state index in [1.807, 2.05) is 13.1 Å². The summed E-state index contributed by atoms with van der Waals surface area (Å²) >= 11 is 0. The number of carbonyl (C=O) groups is 1. The molecule has 0 atom stereocenters. The first-order valence-corrected chi connectivity index (χ1v) is 6.54. The van der Waals surface area contributed by atoms with Crippen molar-refractivity contribution < 1.29 is 4.79 Å². The first kappa shape index (κ1) is 14.7. The van der Waals surface area contributed by atoms with Crippen LogP contribution in [0, 0.1) is 12.8 Å². The Morgan fingerprint density at radius 3 is 2.83 bits per heavy atom. The molecule has 0 radical (unpaired) electrons. The number of aryl methyl sites for hydroxylation is 1. The smallest absolute Gasteiger partial charge is 0.221 e. The van der Waals surface area contributed by atoms with Crippen LogP contribution in [0.4, 0.5) is 0 Å². The monoisotopic (exact) mass is 252 g/mol. The lowest BCUT2D eigenvalue weighted by atomic mass is 10.2. The Morgan fingerprint density at radius 1 is 1.44 bits per heavy atom. The molecule has 1 rings (SSSR count). The van der Waals surface area contributed by atoms with E-state index in [-0.39, 0.29) is 5.91 Å². The molecule has 5 heteroatoms. The van der Waals surface area contributed by atoms with Crippen LogP contribution in [-0.4, -0.2) is 35.1 Å². The predicted octanol–water partition coefficient (Wildman–Crippen LogP) is 0.943. The van der Waals surface area contributed by atoms with E-state index < -0.39 is 0 Å². The molecular weight excluding hydrogens is 228 g/mol. The van der Waals surface area contributed by atoms with Gasteiger partial charge in [0, 0.05) is 45.0 Å². The van der Waals surface area contributed by atoms with Crippen molar-refractivity contribution in [1.82, 2.24) is 20.2 Å². The summed E-state index contributed by atoms with van der Waals surface area (Å²) < 4.78 is 2.09. The molecule has 0 saturated heterocycles. The number of carbonyl (C=O) groups excluding carboxylic acids is 1. The van der Waals surface area contributed by atoms with Gasteiger partial charge in [0.1, 0.15) is 5.82 Å². The molecule has 1 aromatic rings. The van der Waals surface area contributed by atoms with Gasteiger partial charge in [-0.3, -0.25) is 4.79 Å². The topological polar surface area (TPSA) is 59.0 Å². The van der Waals surface area contributed by atoms with Crippen molar-refractivity contribution in [2.45, 2.75) is 33.7 Å². The van der Waals surface area contributed by atoms with Crippen molar-refractivity contribution in [2.24, 2.45) is 5.92 Å². The maximum atomic E-state index is 11.4. The first-order chi connectivity index (χ1) is 8.59. The summed E-state index contributed by atoms with van der Waals surface area (Å²) in [7, 11) is 0. The summed E-state index contributed by atoms with van der Waals surface area (Å²) in [5.74, 6) is 1.65. The Kier molecular flexibility index (Phi) is 6.43. The molecule has 0 aliphatic rings. The van der Waals surface area contributed by atoms with Crippen LogP contribution in [0.15, 0.2) is 12.4 Å². The van der Waals surface area contributed by atoms with Crippen molar-refractivity contribution in [1.29, 1.82) is 0 Å². The van der Waals surface area contributed by atoms with Crippen LogP contribution >= 0.6 is 0 Å². The zero-order chi connectivity index (χ0) is 13.4. The van der Waals surface area contributed by atoms with Gasteiger partial charge in [-0.15, -0.1) is 0 Å². The number of amides is 1. The lowest BCUT2D eigenvalue weighted by Crippen LogP contribution is -2.31. The Hall–Kier alpha value is -1.36. The van der Waals surface area contributed by atoms with Gasteiger partial charge in [-0.25, -0.2) is 4.98 Å². The van der Waals surface area contributed by atoms with Crippen LogP contribution in [0.5, 0.6) is 0 Å².